The van der Waals surface area contributed by atoms with Gasteiger partial charge in [0.15, 0.2) is 6.67 Å². The van der Waals surface area contributed by atoms with Crippen molar-refractivity contribution in [3.05, 3.63) is 29.3 Å². The number of nitrogens with zero attached hydrogens (tertiary/aromatic N) is 1. The van der Waals surface area contributed by atoms with Gasteiger partial charge in [-0.15, -0.1) is 0 Å². The molecule has 3 N–H and O–H groups in total. The molecule has 4 aliphatic rings. The van der Waals surface area contributed by atoms with Crippen LogP contribution in [-0.4, -0.2) is 61.8 Å². The highest BCUT2D eigenvalue weighted by Gasteiger charge is 2.52. The van der Waals surface area contributed by atoms with Gasteiger partial charge >= 0.3 is 6.03 Å². The van der Waals surface area contributed by atoms with Crippen LogP contribution in [0.2, 0.25) is 0 Å². The highest BCUT2D eigenvalue weighted by atomic mass is 16.5. The Morgan fingerprint density at radius 3 is 2.59 bits per heavy atom. The lowest BCUT2D eigenvalue weighted by atomic mass is 9.82. The first-order valence-corrected chi connectivity index (χ1v) is 11.2. The first kappa shape index (κ1) is 18.9. The molecule has 156 valence electrons. The smallest absolute Gasteiger partial charge is 0.329 e. The van der Waals surface area contributed by atoms with Crippen molar-refractivity contribution in [1.29, 1.82) is 0 Å². The Bertz CT molecular complexity index is 797. The molecule has 2 saturated heterocycles. The number of urea groups is 1. The van der Waals surface area contributed by atoms with Gasteiger partial charge in [0, 0.05) is 12.0 Å². The van der Waals surface area contributed by atoms with Gasteiger partial charge < -0.3 is 19.9 Å². The number of carbonyl (C=O) groups is 2. The largest absolute Gasteiger partial charge is 0.493 e. The number of hydrogen-bond acceptors (Lipinski definition) is 3. The predicted molar refractivity (Wildman–Crippen MR) is 107 cm³/mol. The van der Waals surface area contributed by atoms with E-state index < -0.39 is 5.54 Å². The lowest BCUT2D eigenvalue weighted by Crippen LogP contribution is -3.28. The van der Waals surface area contributed by atoms with Gasteiger partial charge in [-0.25, -0.2) is 9.69 Å². The molecule has 0 radical (unpaired) electrons. The monoisotopic (exact) mass is 400 g/mol. The third-order valence-corrected chi connectivity index (χ3v) is 7.21. The Morgan fingerprint density at radius 1 is 1.03 bits per heavy atom. The maximum absolute atomic E-state index is 13.0. The summed E-state index contributed by atoms with van der Waals surface area (Å²) in [4.78, 5) is 29.9. The number of hydrogen-bond donors (Lipinski definition) is 3. The molecule has 0 bridgehead atoms. The zero-order valence-electron chi connectivity index (χ0n) is 17.1. The maximum atomic E-state index is 13.0. The molecule has 29 heavy (non-hydrogen) atoms. The minimum Gasteiger partial charge on any atom is -0.493 e. The average Bonchev–Trinajstić information content (AvgIpc) is 3.28. The van der Waals surface area contributed by atoms with Crippen molar-refractivity contribution in [2.24, 2.45) is 0 Å². The van der Waals surface area contributed by atoms with Crippen LogP contribution in [0.1, 0.15) is 43.2 Å². The molecule has 1 spiro atoms. The molecule has 3 aliphatic heterocycles. The second-order valence-electron chi connectivity index (χ2n) is 9.18. The van der Waals surface area contributed by atoms with E-state index in [0.29, 0.717) is 6.67 Å². The number of nitrogens with one attached hydrogen (secondary N) is 3. The molecule has 5 rings (SSSR count). The molecular weight excluding hydrogens is 368 g/mol. The van der Waals surface area contributed by atoms with Crippen molar-refractivity contribution >= 4 is 11.9 Å². The zero-order chi connectivity index (χ0) is 19.8. The second-order valence-corrected chi connectivity index (χ2v) is 9.18. The van der Waals surface area contributed by atoms with Crippen LogP contribution in [0, 0.1) is 0 Å². The average molecular weight is 401 g/mol. The van der Waals surface area contributed by atoms with Crippen LogP contribution in [0.15, 0.2) is 18.2 Å². The fourth-order valence-corrected chi connectivity index (χ4v) is 5.47. The highest BCUT2D eigenvalue weighted by Crippen LogP contribution is 2.33. The normalized spacial score (nSPS) is 28.3. The van der Waals surface area contributed by atoms with Crippen LogP contribution in [0.25, 0.3) is 0 Å². The molecule has 3 fully saturated rings. The van der Waals surface area contributed by atoms with Crippen LogP contribution in [0.5, 0.6) is 5.75 Å². The molecule has 3 amide bonds. The van der Waals surface area contributed by atoms with Crippen LogP contribution >= 0.6 is 0 Å². The van der Waals surface area contributed by atoms with Gasteiger partial charge in [-0.2, -0.15) is 0 Å². The fraction of sp³-hybridized carbons (Fsp3) is 0.636. The predicted octanol–water partition coefficient (Wildman–Crippen LogP) is -0.883. The van der Waals surface area contributed by atoms with Crippen molar-refractivity contribution in [3.63, 3.8) is 0 Å². The van der Waals surface area contributed by atoms with E-state index >= 15 is 0 Å². The van der Waals surface area contributed by atoms with Crippen molar-refractivity contribution in [3.8, 4) is 5.75 Å². The molecule has 7 heteroatoms. The molecule has 0 atom stereocenters. The van der Waals surface area contributed by atoms with Gasteiger partial charge in [0.2, 0.25) is 0 Å². The van der Waals surface area contributed by atoms with Crippen molar-refractivity contribution in [2.45, 2.75) is 50.6 Å². The number of amides is 3. The van der Waals surface area contributed by atoms with Gasteiger partial charge in [0.25, 0.3) is 5.91 Å². The number of quaternary nitrogens is 2. The molecule has 1 aromatic rings. The third-order valence-electron chi connectivity index (χ3n) is 7.21. The molecule has 0 aromatic heterocycles. The summed E-state index contributed by atoms with van der Waals surface area (Å²) in [7, 11) is 0. The van der Waals surface area contributed by atoms with Gasteiger partial charge in [-0.05, 0) is 36.6 Å². The first-order valence-electron chi connectivity index (χ1n) is 11.2. The zero-order valence-corrected chi connectivity index (χ0v) is 17.1. The minimum absolute atomic E-state index is 0.0184. The molecule has 1 saturated carbocycles. The van der Waals surface area contributed by atoms with Crippen LogP contribution < -0.4 is 19.9 Å². The quantitative estimate of drug-likeness (QED) is 0.575. The summed E-state index contributed by atoms with van der Waals surface area (Å²) < 4.78 is 5.60. The Morgan fingerprint density at radius 2 is 1.79 bits per heavy atom. The molecule has 0 unspecified atom stereocenters. The van der Waals surface area contributed by atoms with Gasteiger partial charge in [0.1, 0.15) is 44.0 Å². The number of piperazine rings is 1. The van der Waals surface area contributed by atoms with E-state index in [1.54, 1.807) is 4.90 Å². The Balaban J connectivity index is 1.14. The van der Waals surface area contributed by atoms with Crippen LogP contribution in [0.3, 0.4) is 0 Å². The van der Waals surface area contributed by atoms with Gasteiger partial charge in [-0.3, -0.25) is 4.79 Å². The maximum Gasteiger partial charge on any atom is 0.329 e. The number of carbonyl (C=O) groups excluding carboxylic acids is 2. The van der Waals surface area contributed by atoms with Crippen LogP contribution in [-0.2, 0) is 17.8 Å². The Hall–Kier alpha value is -2.12. The molecule has 1 aromatic carbocycles. The number of rotatable bonds is 4. The van der Waals surface area contributed by atoms with Crippen molar-refractivity contribution < 1.29 is 24.1 Å². The highest BCUT2D eigenvalue weighted by molar-refractivity contribution is 6.06. The lowest BCUT2D eigenvalue weighted by Gasteiger charge is -2.32. The van der Waals surface area contributed by atoms with Gasteiger partial charge in [0.05, 0.1) is 6.61 Å². The summed E-state index contributed by atoms with van der Waals surface area (Å²) >= 11 is 0. The summed E-state index contributed by atoms with van der Waals surface area (Å²) in [5.74, 6) is 1.06. The topological polar surface area (TPSA) is 67.5 Å². The lowest BCUT2D eigenvalue weighted by molar-refractivity contribution is -1.02. The number of ether oxygens (including phenoxy) is 1. The summed E-state index contributed by atoms with van der Waals surface area (Å²) in [6, 6.07) is 6.41. The molecule has 7 nitrogen and oxygen atoms in total. The van der Waals surface area contributed by atoms with Crippen LogP contribution in [0.4, 0.5) is 4.79 Å². The number of fused-ring (bicyclic) bond motifs is 1. The minimum atomic E-state index is -0.598. The third kappa shape index (κ3) is 3.62. The van der Waals surface area contributed by atoms with E-state index in [1.807, 2.05) is 0 Å². The van der Waals surface area contributed by atoms with E-state index in [0.717, 1.165) is 83.6 Å². The summed E-state index contributed by atoms with van der Waals surface area (Å²) in [5, 5.41) is 3.03. The van der Waals surface area contributed by atoms with E-state index in [1.165, 1.54) is 20.9 Å². The standard InChI is InChI=1S/C22H30N4O3/c27-20-22(7-2-1-3-8-22)23-21(28)26(20)16-25-11-9-24(10-12-25)15-17-4-5-19-18(14-17)6-13-29-19/h4-5,14H,1-3,6-13,15-16H2,(H,23,28)/p+2. The van der Waals surface area contributed by atoms with E-state index in [-0.39, 0.29) is 11.9 Å². The van der Waals surface area contributed by atoms with Crippen molar-refractivity contribution in [1.82, 2.24) is 10.2 Å². The Labute approximate surface area is 172 Å². The molecular formula is C22H32N4O3+2. The van der Waals surface area contributed by atoms with E-state index in [2.05, 4.69) is 23.5 Å². The van der Waals surface area contributed by atoms with Gasteiger partial charge in [-0.1, -0.05) is 19.3 Å². The first-order chi connectivity index (χ1) is 14.1. The summed E-state index contributed by atoms with van der Waals surface area (Å²) in [6.45, 7) is 6.47. The second kappa shape index (κ2) is 7.61. The molecule has 1 aliphatic carbocycles. The molecule has 3 heterocycles. The summed E-state index contributed by atoms with van der Waals surface area (Å²) in [5.41, 5.74) is 2.11. The summed E-state index contributed by atoms with van der Waals surface area (Å²) in [6.07, 6.45) is 5.84. The van der Waals surface area contributed by atoms with Crippen molar-refractivity contribution in [2.75, 3.05) is 39.5 Å². The number of imide groups is 1. The number of benzene rings is 1. The SMILES string of the molecule is O=C1NC2(CCCCC2)C(=O)N1C[NH+]1CC[NH+](Cc2ccc3c(c2)CCO3)CC1. The van der Waals surface area contributed by atoms with E-state index in [9.17, 15) is 9.59 Å². The van der Waals surface area contributed by atoms with E-state index in [4.69, 9.17) is 4.74 Å². The fourth-order valence-electron chi connectivity index (χ4n) is 5.47. The Kier molecular flexibility index (Phi) is 4.95.